The van der Waals surface area contributed by atoms with Crippen molar-refractivity contribution >= 4 is 25.8 Å². The molecule has 0 radical (unpaired) electrons. The summed E-state index contributed by atoms with van der Waals surface area (Å²) in [6.45, 7) is 1.34. The zero-order valence-corrected chi connectivity index (χ0v) is 15.3. The first-order chi connectivity index (χ1) is 11.5. The Labute approximate surface area is 148 Å². The molecule has 1 aromatic carbocycles. The van der Waals surface area contributed by atoms with Crippen molar-refractivity contribution < 1.29 is 17.9 Å². The fourth-order valence-corrected chi connectivity index (χ4v) is 11.7. The summed E-state index contributed by atoms with van der Waals surface area (Å²) in [5.74, 6) is 2.87. The average Bonchev–Trinajstić information content (AvgIpc) is 3.25. The van der Waals surface area contributed by atoms with E-state index in [0.717, 1.165) is 0 Å². The van der Waals surface area contributed by atoms with Gasteiger partial charge >= 0.3 is 0 Å². The van der Waals surface area contributed by atoms with E-state index in [1.54, 1.807) is 12.1 Å². The van der Waals surface area contributed by atoms with Crippen molar-refractivity contribution in [3.63, 3.8) is 0 Å². The van der Waals surface area contributed by atoms with E-state index in [2.05, 4.69) is 15.9 Å². The maximum absolute atomic E-state index is 13.0. The molecule has 1 spiro atoms. The lowest BCUT2D eigenvalue weighted by molar-refractivity contribution is -0.192. The van der Waals surface area contributed by atoms with Crippen molar-refractivity contribution in [3.8, 4) is 0 Å². The van der Waals surface area contributed by atoms with Gasteiger partial charge in [-0.05, 0) is 47.1 Å². The molecule has 8 atom stereocenters. The standard InChI is InChI=1S/C18H17BrO4S/c19-17-12-10-11(12)16(8-24(20,21)9-4-2-1-3-5-9)14(15(16)17)13(10)18(17)22-6-7-23-18/h1-5,10-15H,6-8H2/t10-,11-,12+,13-,14+,15-,16+,17+/m1/s1. The summed E-state index contributed by atoms with van der Waals surface area (Å²) in [6, 6.07) is 8.93. The number of alkyl halides is 1. The molecule has 6 saturated carbocycles. The number of sulfone groups is 1. The van der Waals surface area contributed by atoms with Gasteiger partial charge in [-0.15, -0.1) is 0 Å². The second-order valence-corrected chi connectivity index (χ2v) is 11.8. The summed E-state index contributed by atoms with van der Waals surface area (Å²) >= 11 is 4.06. The van der Waals surface area contributed by atoms with Gasteiger partial charge in [0.2, 0.25) is 0 Å². The van der Waals surface area contributed by atoms with Gasteiger partial charge in [0.25, 0.3) is 0 Å². The van der Waals surface area contributed by atoms with Crippen LogP contribution in [0, 0.1) is 40.9 Å². The summed E-state index contributed by atoms with van der Waals surface area (Å²) < 4.78 is 38.2. The molecule has 1 heterocycles. The Morgan fingerprint density at radius 3 is 2.33 bits per heavy atom. The molecule has 1 aliphatic heterocycles. The van der Waals surface area contributed by atoms with Crippen LogP contribution in [-0.2, 0) is 19.3 Å². The molecule has 8 rings (SSSR count). The van der Waals surface area contributed by atoms with Crippen LogP contribution >= 0.6 is 15.9 Å². The zero-order valence-electron chi connectivity index (χ0n) is 12.9. The minimum atomic E-state index is -3.24. The average molecular weight is 409 g/mol. The molecule has 0 unspecified atom stereocenters. The van der Waals surface area contributed by atoms with Crippen molar-refractivity contribution in [1.29, 1.82) is 0 Å². The highest BCUT2D eigenvalue weighted by Gasteiger charge is 3.09. The van der Waals surface area contributed by atoms with Gasteiger partial charge in [-0.2, -0.15) is 0 Å². The van der Waals surface area contributed by atoms with Crippen LogP contribution in [-0.4, -0.2) is 37.5 Å². The molecule has 7 fully saturated rings. The first-order valence-electron chi connectivity index (χ1n) is 8.75. The topological polar surface area (TPSA) is 52.6 Å². The smallest absolute Gasteiger partial charge is 0.187 e. The molecular weight excluding hydrogens is 392 g/mol. The highest BCUT2D eigenvalue weighted by molar-refractivity contribution is 9.10. The normalized spacial score (nSPS) is 56.2. The molecule has 1 aromatic rings. The molecule has 0 amide bonds. The summed E-state index contributed by atoms with van der Waals surface area (Å²) in [6.07, 6.45) is 0. The molecule has 7 aliphatic rings. The lowest BCUT2D eigenvalue weighted by atomic mass is 9.95. The van der Waals surface area contributed by atoms with Crippen LogP contribution in [0.3, 0.4) is 0 Å². The molecule has 24 heavy (non-hydrogen) atoms. The monoisotopic (exact) mass is 408 g/mol. The Morgan fingerprint density at radius 2 is 1.75 bits per heavy atom. The van der Waals surface area contributed by atoms with Crippen molar-refractivity contribution in [1.82, 2.24) is 0 Å². The number of hydrogen-bond donors (Lipinski definition) is 0. The second kappa shape index (κ2) is 3.53. The van der Waals surface area contributed by atoms with Crippen LogP contribution in [0.15, 0.2) is 35.2 Å². The fraction of sp³-hybridized carbons (Fsp3) is 0.667. The van der Waals surface area contributed by atoms with Crippen molar-refractivity contribution in [2.75, 3.05) is 19.0 Å². The van der Waals surface area contributed by atoms with E-state index in [9.17, 15) is 8.42 Å². The van der Waals surface area contributed by atoms with Gasteiger partial charge in [0, 0.05) is 5.92 Å². The van der Waals surface area contributed by atoms with E-state index in [-0.39, 0.29) is 9.74 Å². The maximum atomic E-state index is 13.0. The van der Waals surface area contributed by atoms with E-state index in [1.165, 1.54) is 0 Å². The third-order valence-corrected chi connectivity index (χ3v) is 11.6. The van der Waals surface area contributed by atoms with Gasteiger partial charge in [-0.1, -0.05) is 34.1 Å². The molecule has 126 valence electrons. The highest BCUT2D eigenvalue weighted by atomic mass is 79.9. The summed E-state index contributed by atoms with van der Waals surface area (Å²) in [4.78, 5) is 0.465. The SMILES string of the molecule is O=S(=O)(C[C@]12[C@@H]3[C@H]4[C@@H]5[C@H]1[C@H]2[C@@](Br)([C@@H]43)C51OCCO1)c1ccccc1. The van der Waals surface area contributed by atoms with Gasteiger partial charge in [-0.25, -0.2) is 8.42 Å². The van der Waals surface area contributed by atoms with Gasteiger partial charge in [0.1, 0.15) is 0 Å². The molecule has 6 heteroatoms. The first kappa shape index (κ1) is 13.7. The van der Waals surface area contributed by atoms with Crippen LogP contribution in [0.5, 0.6) is 0 Å². The van der Waals surface area contributed by atoms with Gasteiger partial charge in [0.15, 0.2) is 15.6 Å². The quantitative estimate of drug-likeness (QED) is 0.718. The molecular formula is C18H17BrO4S. The number of hydrogen-bond acceptors (Lipinski definition) is 4. The van der Waals surface area contributed by atoms with E-state index in [0.29, 0.717) is 59.4 Å². The predicted molar refractivity (Wildman–Crippen MR) is 88.2 cm³/mol. The number of ether oxygens (including phenoxy) is 2. The van der Waals surface area contributed by atoms with Crippen LogP contribution in [0.4, 0.5) is 0 Å². The molecule has 0 aromatic heterocycles. The van der Waals surface area contributed by atoms with Crippen LogP contribution < -0.4 is 0 Å². The Bertz CT molecular complexity index is 895. The number of halogens is 1. The fourth-order valence-electron chi connectivity index (χ4n) is 7.93. The molecule has 0 N–H and O–H groups in total. The van der Waals surface area contributed by atoms with Gasteiger partial charge in [-0.3, -0.25) is 0 Å². The minimum Gasteiger partial charge on any atom is -0.346 e. The number of benzene rings is 1. The van der Waals surface area contributed by atoms with E-state index in [4.69, 9.17) is 9.47 Å². The Morgan fingerprint density at radius 1 is 1.04 bits per heavy atom. The Kier molecular flexibility index (Phi) is 2.02. The third-order valence-electron chi connectivity index (χ3n) is 8.12. The number of rotatable bonds is 3. The van der Waals surface area contributed by atoms with Crippen LogP contribution in [0.2, 0.25) is 0 Å². The van der Waals surface area contributed by atoms with E-state index >= 15 is 0 Å². The molecule has 4 nitrogen and oxygen atoms in total. The summed E-state index contributed by atoms with van der Waals surface area (Å²) in [5, 5.41) is 0. The Hall–Kier alpha value is -0.430. The zero-order chi connectivity index (χ0) is 16.1. The van der Waals surface area contributed by atoms with Crippen molar-refractivity contribution in [2.24, 2.45) is 40.9 Å². The summed E-state index contributed by atoms with van der Waals surface area (Å²) in [7, 11) is -3.24. The van der Waals surface area contributed by atoms with Gasteiger partial charge < -0.3 is 9.47 Å². The lowest BCUT2D eigenvalue weighted by Gasteiger charge is -2.37. The predicted octanol–water partition coefficient (Wildman–Crippen LogP) is 2.09. The van der Waals surface area contributed by atoms with Crippen LogP contribution in [0.25, 0.3) is 0 Å². The molecule has 2 bridgehead atoms. The maximum Gasteiger partial charge on any atom is 0.187 e. The summed E-state index contributed by atoms with van der Waals surface area (Å²) in [5.41, 5.74) is -0.0151. The first-order valence-corrected chi connectivity index (χ1v) is 11.2. The third kappa shape index (κ3) is 1.04. The highest BCUT2D eigenvalue weighted by Crippen LogP contribution is 3.04. The van der Waals surface area contributed by atoms with Crippen LogP contribution in [0.1, 0.15) is 0 Å². The van der Waals surface area contributed by atoms with Crippen molar-refractivity contribution in [2.45, 2.75) is 15.0 Å². The second-order valence-electron chi connectivity index (χ2n) is 8.48. The van der Waals surface area contributed by atoms with E-state index in [1.807, 2.05) is 18.2 Å². The van der Waals surface area contributed by atoms with Crippen molar-refractivity contribution in [3.05, 3.63) is 30.3 Å². The largest absolute Gasteiger partial charge is 0.346 e. The van der Waals surface area contributed by atoms with Gasteiger partial charge in [0.05, 0.1) is 28.2 Å². The minimum absolute atomic E-state index is 0.0151. The van der Waals surface area contributed by atoms with E-state index < -0.39 is 15.6 Å². The lowest BCUT2D eigenvalue weighted by Crippen LogP contribution is -2.50. The molecule has 6 aliphatic carbocycles. The Balaban J connectivity index is 1.31. The molecule has 1 saturated heterocycles.